The second-order valence-corrected chi connectivity index (χ2v) is 2.50. The van der Waals surface area contributed by atoms with E-state index in [-0.39, 0.29) is 0 Å². The summed E-state index contributed by atoms with van der Waals surface area (Å²) in [7, 11) is 0. The highest BCUT2D eigenvalue weighted by Crippen LogP contribution is 2.33. The van der Waals surface area contributed by atoms with Gasteiger partial charge in [-0.2, -0.15) is 0 Å². The first-order chi connectivity index (χ1) is 3.64. The third kappa shape index (κ3) is 0.459. The lowest BCUT2D eigenvalue weighted by molar-refractivity contribution is 1.10. The van der Waals surface area contributed by atoms with Gasteiger partial charge in [0.25, 0.3) is 0 Å². The predicted octanol–water partition coefficient (Wildman–Crippen LogP) is 2.67. The van der Waals surface area contributed by atoms with E-state index in [0.29, 0.717) is 0 Å². The molecule has 0 saturated heterocycles. The van der Waals surface area contributed by atoms with E-state index in [1.807, 2.05) is 0 Å². The minimum absolute atomic E-state index is 1.49. The zero-order valence-corrected chi connectivity index (χ0v) is 6.00. The first kappa shape index (κ1) is 5.61. The van der Waals surface area contributed by atoms with Crippen LogP contribution in [0.5, 0.6) is 0 Å². The Morgan fingerprint density at radius 2 is 0.625 bits per heavy atom. The number of hydrogen-bond acceptors (Lipinski definition) is 0. The Bertz CT molecular complexity index is 127. The molecule has 0 heteroatoms. The molecule has 0 fully saturated rings. The van der Waals surface area contributed by atoms with E-state index >= 15 is 0 Å². The average Bonchev–Trinajstić information content (AvgIpc) is 1.83. The van der Waals surface area contributed by atoms with E-state index in [9.17, 15) is 0 Å². The van der Waals surface area contributed by atoms with Gasteiger partial charge in [0.1, 0.15) is 0 Å². The molecule has 1 aliphatic rings. The van der Waals surface area contributed by atoms with Crippen LogP contribution >= 0.6 is 0 Å². The van der Waals surface area contributed by atoms with Gasteiger partial charge < -0.3 is 0 Å². The molecule has 0 spiro atoms. The molecule has 1 rings (SSSR count). The lowest BCUT2D eigenvalue weighted by atomic mass is 9.84. The van der Waals surface area contributed by atoms with Crippen molar-refractivity contribution < 1.29 is 0 Å². The Kier molecular flexibility index (Phi) is 1.04. The summed E-state index contributed by atoms with van der Waals surface area (Å²) < 4.78 is 0. The van der Waals surface area contributed by atoms with E-state index < -0.39 is 0 Å². The molecule has 0 radical (unpaired) electrons. The van der Waals surface area contributed by atoms with Crippen molar-refractivity contribution in [1.82, 2.24) is 0 Å². The minimum atomic E-state index is 1.49. The summed E-state index contributed by atoms with van der Waals surface area (Å²) in [5.74, 6) is 0. The van der Waals surface area contributed by atoms with Gasteiger partial charge in [-0.3, -0.25) is 0 Å². The fourth-order valence-electron chi connectivity index (χ4n) is 1.06. The topological polar surface area (TPSA) is 0 Å². The van der Waals surface area contributed by atoms with Gasteiger partial charge in [-0.05, 0) is 50.0 Å². The van der Waals surface area contributed by atoms with E-state index in [4.69, 9.17) is 0 Å². The zero-order valence-electron chi connectivity index (χ0n) is 6.00. The smallest absolute Gasteiger partial charge is 0.0392 e. The average molecular weight is 108 g/mol. The number of rotatable bonds is 0. The first-order valence-corrected chi connectivity index (χ1v) is 3.00. The van der Waals surface area contributed by atoms with E-state index in [0.717, 1.165) is 0 Å². The summed E-state index contributed by atoms with van der Waals surface area (Å²) in [4.78, 5) is 0. The highest BCUT2D eigenvalue weighted by Gasteiger charge is 2.13. The maximum atomic E-state index is 2.18. The van der Waals surface area contributed by atoms with Gasteiger partial charge in [0.2, 0.25) is 0 Å². The third-order valence-electron chi connectivity index (χ3n) is 2.25. The van der Waals surface area contributed by atoms with E-state index in [1.54, 1.807) is 0 Å². The zero-order chi connectivity index (χ0) is 6.31. The summed E-state index contributed by atoms with van der Waals surface area (Å²) in [5, 5.41) is 0. The largest absolute Gasteiger partial charge is 0.0447 e. The SMILES string of the molecule is CC1=C(C)C(C)=C1C. The van der Waals surface area contributed by atoms with Crippen molar-refractivity contribution in [2.24, 2.45) is 0 Å². The van der Waals surface area contributed by atoms with Crippen molar-refractivity contribution in [3.8, 4) is 0 Å². The molecule has 0 unspecified atom stereocenters. The van der Waals surface area contributed by atoms with Crippen LogP contribution in [-0.4, -0.2) is 0 Å². The standard InChI is InChI=1S/C8H12/c1-5-6(2)8(4)7(5)3/h1-4H3. The fraction of sp³-hybridized carbons (Fsp3) is 0.500. The van der Waals surface area contributed by atoms with Gasteiger partial charge in [-0.1, -0.05) is 0 Å². The molecular formula is C8H12. The van der Waals surface area contributed by atoms with Crippen LogP contribution in [0.3, 0.4) is 0 Å². The molecule has 0 aromatic rings. The lowest BCUT2D eigenvalue weighted by Gasteiger charge is -2.21. The molecule has 0 aromatic carbocycles. The highest BCUT2D eigenvalue weighted by atomic mass is 14.2. The number of allylic oxidation sites excluding steroid dienone is 4. The second-order valence-electron chi connectivity index (χ2n) is 2.50. The number of hydrogen-bond donors (Lipinski definition) is 0. The molecular weight excluding hydrogens is 96.1 g/mol. The van der Waals surface area contributed by atoms with Crippen LogP contribution in [0, 0.1) is 0 Å². The van der Waals surface area contributed by atoms with Crippen LogP contribution < -0.4 is 0 Å². The van der Waals surface area contributed by atoms with Crippen LogP contribution in [0.15, 0.2) is 22.3 Å². The van der Waals surface area contributed by atoms with Crippen molar-refractivity contribution >= 4 is 0 Å². The van der Waals surface area contributed by atoms with Crippen LogP contribution in [0.1, 0.15) is 27.7 Å². The van der Waals surface area contributed by atoms with E-state index in [1.165, 1.54) is 22.3 Å². The Balaban J connectivity index is 2.86. The van der Waals surface area contributed by atoms with Crippen molar-refractivity contribution in [2.75, 3.05) is 0 Å². The van der Waals surface area contributed by atoms with Crippen LogP contribution in [0.25, 0.3) is 0 Å². The molecule has 44 valence electrons. The summed E-state index contributed by atoms with van der Waals surface area (Å²) in [6.07, 6.45) is 0. The maximum absolute atomic E-state index is 2.18. The van der Waals surface area contributed by atoms with Crippen molar-refractivity contribution in [2.45, 2.75) is 27.7 Å². The first-order valence-electron chi connectivity index (χ1n) is 3.00. The summed E-state index contributed by atoms with van der Waals surface area (Å²) in [6, 6.07) is 0. The Morgan fingerprint density at radius 1 is 0.500 bits per heavy atom. The highest BCUT2D eigenvalue weighted by molar-refractivity contribution is 5.55. The summed E-state index contributed by atoms with van der Waals surface area (Å²) in [6.45, 7) is 8.71. The Morgan fingerprint density at radius 3 is 0.750 bits per heavy atom. The second kappa shape index (κ2) is 1.48. The summed E-state index contributed by atoms with van der Waals surface area (Å²) in [5.41, 5.74) is 5.95. The monoisotopic (exact) mass is 108 g/mol. The Labute approximate surface area is 50.9 Å². The molecule has 0 aromatic heterocycles. The molecule has 1 aliphatic carbocycles. The third-order valence-corrected chi connectivity index (χ3v) is 2.25. The Hall–Kier alpha value is -0.520. The maximum Gasteiger partial charge on any atom is -0.0392 e. The molecule has 0 nitrogen and oxygen atoms in total. The summed E-state index contributed by atoms with van der Waals surface area (Å²) >= 11 is 0. The quantitative estimate of drug-likeness (QED) is 0.447. The van der Waals surface area contributed by atoms with Gasteiger partial charge >= 0.3 is 0 Å². The van der Waals surface area contributed by atoms with Crippen LogP contribution in [0.4, 0.5) is 0 Å². The van der Waals surface area contributed by atoms with Gasteiger partial charge in [0.15, 0.2) is 0 Å². The molecule has 0 amide bonds. The molecule has 8 heavy (non-hydrogen) atoms. The molecule has 0 heterocycles. The van der Waals surface area contributed by atoms with Crippen molar-refractivity contribution in [1.29, 1.82) is 0 Å². The molecule has 0 atom stereocenters. The normalized spacial score (nSPS) is 19.5. The molecule has 0 aliphatic heterocycles. The molecule has 0 N–H and O–H groups in total. The molecule has 0 saturated carbocycles. The lowest BCUT2D eigenvalue weighted by Crippen LogP contribution is -2.01. The predicted molar refractivity (Wildman–Crippen MR) is 36.7 cm³/mol. The van der Waals surface area contributed by atoms with Gasteiger partial charge in [-0.25, -0.2) is 0 Å². The van der Waals surface area contributed by atoms with Gasteiger partial charge in [0.05, 0.1) is 0 Å². The van der Waals surface area contributed by atoms with Gasteiger partial charge in [0, 0.05) is 0 Å². The molecule has 0 bridgehead atoms. The van der Waals surface area contributed by atoms with Crippen molar-refractivity contribution in [3.63, 3.8) is 0 Å². The van der Waals surface area contributed by atoms with E-state index in [2.05, 4.69) is 27.7 Å². The van der Waals surface area contributed by atoms with Crippen LogP contribution in [-0.2, 0) is 0 Å². The fourth-order valence-corrected chi connectivity index (χ4v) is 1.06. The minimum Gasteiger partial charge on any atom is -0.0447 e. The van der Waals surface area contributed by atoms with Crippen molar-refractivity contribution in [3.05, 3.63) is 22.3 Å². The van der Waals surface area contributed by atoms with Gasteiger partial charge in [-0.15, -0.1) is 0 Å². The van der Waals surface area contributed by atoms with Crippen LogP contribution in [0.2, 0.25) is 0 Å².